The molecule has 84 valence electrons. The largest absolute Gasteiger partial charge is 0.355 e. The van der Waals surface area contributed by atoms with Crippen LogP contribution in [-0.2, 0) is 14.4 Å². The molecule has 0 aliphatic rings. The van der Waals surface area contributed by atoms with Crippen LogP contribution in [0.1, 0.15) is 0 Å². The molecule has 16 heavy (non-hydrogen) atoms. The van der Waals surface area contributed by atoms with Gasteiger partial charge in [0.25, 0.3) is 0 Å². The Morgan fingerprint density at radius 3 is 1.69 bits per heavy atom. The molecule has 0 rings (SSSR count). The summed E-state index contributed by atoms with van der Waals surface area (Å²) in [6.45, 7) is 0.455. The highest BCUT2D eigenvalue weighted by molar-refractivity contribution is 6.20. The fourth-order valence-electron chi connectivity index (χ4n) is 0.790. The lowest BCUT2D eigenvalue weighted by atomic mass is 10.1. The van der Waals surface area contributed by atoms with E-state index < -0.39 is 5.91 Å². The Bertz CT molecular complexity index is 261. The van der Waals surface area contributed by atoms with Crippen molar-refractivity contribution in [2.45, 2.75) is 12.6 Å². The number of carbonyl (C=O) groups excluding carboxylic acids is 3. The average Bonchev–Trinajstić information content (AvgIpc) is 2.31. The third-order valence-electron chi connectivity index (χ3n) is 1.59. The van der Waals surface area contributed by atoms with E-state index in [-0.39, 0.29) is 37.5 Å². The molecule has 0 aromatic rings. The van der Waals surface area contributed by atoms with Crippen LogP contribution in [0.2, 0.25) is 12.6 Å². The lowest BCUT2D eigenvalue weighted by Gasteiger charge is -2.07. The van der Waals surface area contributed by atoms with E-state index in [1.165, 1.54) is 0 Å². The molecule has 0 heterocycles. The lowest BCUT2D eigenvalue weighted by molar-refractivity contribution is -0.125. The van der Waals surface area contributed by atoms with E-state index in [9.17, 15) is 14.4 Å². The second kappa shape index (κ2) is 8.82. The Morgan fingerprint density at radius 1 is 0.750 bits per heavy atom. The molecule has 0 saturated heterocycles. The maximum Gasteiger partial charge on any atom is 0.239 e. The average molecular weight is 221 g/mol. The molecule has 3 N–H and O–H groups in total. The predicted molar refractivity (Wildman–Crippen MR) is 60.2 cm³/mol. The van der Waals surface area contributed by atoms with Crippen LogP contribution >= 0.6 is 0 Å². The van der Waals surface area contributed by atoms with Crippen molar-refractivity contribution in [3.05, 3.63) is 0 Å². The Labute approximate surface area is 96.7 Å². The molecule has 8 heteroatoms. The Kier molecular flexibility index (Phi) is 8.01. The Balaban J connectivity index is 3.44. The highest BCUT2D eigenvalue weighted by Crippen LogP contribution is 1.73. The molecule has 0 fully saturated rings. The molecule has 0 spiro atoms. The highest BCUT2D eigenvalue weighted by atomic mass is 16.2. The summed E-state index contributed by atoms with van der Waals surface area (Å²) in [5, 5.41) is 7.28. The smallest absolute Gasteiger partial charge is 0.239 e. The molecular weight excluding hydrogens is 208 g/mol. The predicted octanol–water partition coefficient (Wildman–Crippen LogP) is -2.49. The van der Waals surface area contributed by atoms with Gasteiger partial charge in [-0.05, 0) is 12.6 Å². The van der Waals surface area contributed by atoms with Crippen molar-refractivity contribution in [1.29, 1.82) is 0 Å². The van der Waals surface area contributed by atoms with Crippen LogP contribution in [0.5, 0.6) is 0 Å². The van der Waals surface area contributed by atoms with Gasteiger partial charge >= 0.3 is 0 Å². The molecule has 0 saturated carbocycles. The summed E-state index contributed by atoms with van der Waals surface area (Å²) in [5.41, 5.74) is 0. The van der Waals surface area contributed by atoms with E-state index in [0.29, 0.717) is 6.54 Å². The number of rotatable bonds is 7. The van der Waals surface area contributed by atoms with Gasteiger partial charge in [0.15, 0.2) is 0 Å². The van der Waals surface area contributed by atoms with Crippen molar-refractivity contribution in [3.8, 4) is 0 Å². The number of hydrogen-bond acceptors (Lipinski definition) is 3. The molecule has 4 radical (unpaired) electrons. The fourth-order valence-corrected chi connectivity index (χ4v) is 0.790. The van der Waals surface area contributed by atoms with E-state index in [4.69, 9.17) is 15.7 Å². The van der Waals surface area contributed by atoms with Crippen LogP contribution < -0.4 is 16.0 Å². The molecule has 6 nitrogen and oxygen atoms in total. The first-order valence-corrected chi connectivity index (χ1v) is 4.80. The van der Waals surface area contributed by atoms with Crippen LogP contribution in [0, 0.1) is 0 Å². The number of carbonyl (C=O) groups is 3. The van der Waals surface area contributed by atoms with Crippen LogP contribution in [-0.4, -0.2) is 53.0 Å². The van der Waals surface area contributed by atoms with E-state index in [1.807, 2.05) is 0 Å². The first-order chi connectivity index (χ1) is 7.60. The van der Waals surface area contributed by atoms with Gasteiger partial charge < -0.3 is 16.0 Å². The van der Waals surface area contributed by atoms with Gasteiger partial charge in [-0.1, -0.05) is 0 Å². The minimum atomic E-state index is -0.397. The van der Waals surface area contributed by atoms with Gasteiger partial charge in [0, 0.05) is 13.1 Å². The molecule has 0 bridgehead atoms. The zero-order chi connectivity index (χ0) is 12.4. The van der Waals surface area contributed by atoms with Crippen molar-refractivity contribution < 1.29 is 14.4 Å². The molecule has 0 aromatic heterocycles. The lowest BCUT2D eigenvalue weighted by Crippen LogP contribution is -2.40. The van der Waals surface area contributed by atoms with E-state index in [0.717, 1.165) is 0 Å². The van der Waals surface area contributed by atoms with E-state index in [1.54, 1.807) is 0 Å². The third-order valence-corrected chi connectivity index (χ3v) is 1.59. The fraction of sp³-hybridized carbons (Fsp3) is 0.625. The Morgan fingerprint density at radius 2 is 1.19 bits per heavy atom. The van der Waals surface area contributed by atoms with Gasteiger partial charge in [0.1, 0.15) is 0 Å². The number of amides is 3. The molecule has 0 unspecified atom stereocenters. The van der Waals surface area contributed by atoms with Gasteiger partial charge in [0.2, 0.25) is 17.7 Å². The Hall–Kier alpha value is -1.46. The van der Waals surface area contributed by atoms with Crippen LogP contribution in [0.4, 0.5) is 0 Å². The zero-order valence-electron chi connectivity index (χ0n) is 8.91. The van der Waals surface area contributed by atoms with Crippen molar-refractivity contribution in [2.75, 3.05) is 19.6 Å². The summed E-state index contributed by atoms with van der Waals surface area (Å²) in [6.07, 6.45) is -0.236. The van der Waals surface area contributed by atoms with Crippen molar-refractivity contribution >= 4 is 33.4 Å². The standard InChI is InChI=1S/C8H13B2N3O3/c9-3-6(14)11-1-2-12-8(16)5-13-7(15)4-10/h1-5H2,(H,11,14)(H,12,16)(H,13,15). The van der Waals surface area contributed by atoms with Crippen molar-refractivity contribution in [3.63, 3.8) is 0 Å². The van der Waals surface area contributed by atoms with Crippen molar-refractivity contribution in [1.82, 2.24) is 16.0 Å². The molecular formula is C8H13B2N3O3. The minimum absolute atomic E-state index is 0.0828. The second-order valence-electron chi connectivity index (χ2n) is 2.88. The molecule has 0 aliphatic heterocycles. The van der Waals surface area contributed by atoms with Crippen molar-refractivity contribution in [2.24, 2.45) is 0 Å². The topological polar surface area (TPSA) is 87.3 Å². The summed E-state index contributed by atoms with van der Waals surface area (Å²) in [5.74, 6) is -1.03. The van der Waals surface area contributed by atoms with Crippen LogP contribution in [0.25, 0.3) is 0 Å². The third kappa shape index (κ3) is 7.90. The van der Waals surface area contributed by atoms with Crippen LogP contribution in [0.3, 0.4) is 0 Å². The van der Waals surface area contributed by atoms with E-state index in [2.05, 4.69) is 16.0 Å². The SMILES string of the molecule is [B]CC(=O)NCCNC(=O)CNC(=O)C[B]. The first-order valence-electron chi connectivity index (χ1n) is 4.80. The normalized spacial score (nSPS) is 9.25. The summed E-state index contributed by atoms with van der Waals surface area (Å²) in [6, 6.07) is 0. The summed E-state index contributed by atoms with van der Waals surface area (Å²) >= 11 is 0. The first kappa shape index (κ1) is 14.5. The summed E-state index contributed by atoms with van der Waals surface area (Å²) in [4.78, 5) is 32.5. The maximum atomic E-state index is 11.1. The van der Waals surface area contributed by atoms with Gasteiger partial charge in [-0.2, -0.15) is 0 Å². The summed E-state index contributed by atoms with van der Waals surface area (Å²) < 4.78 is 0. The number of nitrogens with one attached hydrogen (secondary N) is 3. The summed E-state index contributed by atoms with van der Waals surface area (Å²) in [7, 11) is 10.1. The zero-order valence-corrected chi connectivity index (χ0v) is 8.91. The van der Waals surface area contributed by atoms with Gasteiger partial charge in [-0.3, -0.25) is 14.4 Å². The van der Waals surface area contributed by atoms with Gasteiger partial charge in [0.05, 0.1) is 22.2 Å². The van der Waals surface area contributed by atoms with E-state index >= 15 is 0 Å². The molecule has 0 atom stereocenters. The quantitative estimate of drug-likeness (QED) is 0.328. The van der Waals surface area contributed by atoms with Gasteiger partial charge in [-0.15, -0.1) is 0 Å². The highest BCUT2D eigenvalue weighted by Gasteiger charge is 2.02. The molecule has 0 aromatic carbocycles. The van der Waals surface area contributed by atoms with Gasteiger partial charge in [-0.25, -0.2) is 0 Å². The monoisotopic (exact) mass is 221 g/mol. The minimum Gasteiger partial charge on any atom is -0.355 e. The molecule has 0 aliphatic carbocycles. The maximum absolute atomic E-state index is 11.1. The molecule has 3 amide bonds. The second-order valence-corrected chi connectivity index (χ2v) is 2.88. The van der Waals surface area contributed by atoms with Crippen LogP contribution in [0.15, 0.2) is 0 Å². The number of hydrogen-bond donors (Lipinski definition) is 3.